The molecule has 0 heterocycles. The number of benzene rings is 2. The third-order valence-corrected chi connectivity index (χ3v) is 3.07. The van der Waals surface area contributed by atoms with Crippen molar-refractivity contribution < 1.29 is 10.2 Å². The maximum atomic E-state index is 10.2. The Morgan fingerprint density at radius 2 is 1.67 bits per heavy atom. The summed E-state index contributed by atoms with van der Waals surface area (Å²) < 4.78 is 0. The van der Waals surface area contributed by atoms with E-state index in [0.29, 0.717) is 10.6 Å². The maximum absolute atomic E-state index is 10.2. The minimum atomic E-state index is -0.998. The first-order chi connectivity index (χ1) is 8.39. The number of aromatic hydroxyl groups is 1. The van der Waals surface area contributed by atoms with Crippen LogP contribution in [0.4, 0.5) is 0 Å². The zero-order valence-electron chi connectivity index (χ0n) is 10.3. The highest BCUT2D eigenvalue weighted by atomic mass is 35.5. The van der Waals surface area contributed by atoms with E-state index < -0.39 is 5.60 Å². The molecule has 3 heteroatoms. The van der Waals surface area contributed by atoms with Gasteiger partial charge in [0.25, 0.3) is 0 Å². The third-order valence-electron chi connectivity index (χ3n) is 2.83. The highest BCUT2D eigenvalue weighted by Gasteiger charge is 2.21. The van der Waals surface area contributed by atoms with Gasteiger partial charge in [-0.3, -0.25) is 0 Å². The van der Waals surface area contributed by atoms with E-state index in [0.717, 1.165) is 11.1 Å². The number of aliphatic hydroxyl groups is 1. The monoisotopic (exact) mass is 262 g/mol. The minimum Gasteiger partial charge on any atom is -0.507 e. The van der Waals surface area contributed by atoms with Crippen molar-refractivity contribution in [3.8, 4) is 16.9 Å². The lowest BCUT2D eigenvalue weighted by Gasteiger charge is -2.22. The first-order valence-corrected chi connectivity index (χ1v) is 6.08. The summed E-state index contributed by atoms with van der Waals surface area (Å²) in [5, 5.41) is 20.7. The fraction of sp³-hybridized carbons (Fsp3) is 0.200. The van der Waals surface area contributed by atoms with Crippen LogP contribution in [0.15, 0.2) is 42.5 Å². The molecular formula is C15H15ClO2. The molecule has 0 spiro atoms. The number of hydrogen-bond donors (Lipinski definition) is 2. The van der Waals surface area contributed by atoms with Crippen molar-refractivity contribution in [1.29, 1.82) is 0 Å². The number of hydrogen-bond acceptors (Lipinski definition) is 2. The SMILES string of the molecule is CC(C)(O)c1ccc(Cl)cc1-c1ccccc1O. The van der Waals surface area contributed by atoms with Gasteiger partial charge in [0.05, 0.1) is 5.60 Å². The van der Waals surface area contributed by atoms with Crippen LogP contribution in [-0.2, 0) is 5.60 Å². The fourth-order valence-corrected chi connectivity index (χ4v) is 2.15. The standard InChI is InChI=1S/C15H15ClO2/c1-15(2,18)13-8-7-10(16)9-12(13)11-5-3-4-6-14(11)17/h3-9,17-18H,1-2H3. The number of phenolic OH excluding ortho intramolecular Hbond substituents is 1. The van der Waals surface area contributed by atoms with Gasteiger partial charge in [0.2, 0.25) is 0 Å². The molecule has 2 N–H and O–H groups in total. The molecule has 18 heavy (non-hydrogen) atoms. The molecule has 0 radical (unpaired) electrons. The van der Waals surface area contributed by atoms with E-state index in [4.69, 9.17) is 11.6 Å². The predicted octanol–water partition coefficient (Wildman–Crippen LogP) is 3.94. The van der Waals surface area contributed by atoms with E-state index in [-0.39, 0.29) is 5.75 Å². The van der Waals surface area contributed by atoms with Crippen LogP contribution in [0.5, 0.6) is 5.75 Å². The number of para-hydroxylation sites is 1. The van der Waals surface area contributed by atoms with Gasteiger partial charge < -0.3 is 10.2 Å². The largest absolute Gasteiger partial charge is 0.507 e. The smallest absolute Gasteiger partial charge is 0.123 e. The third kappa shape index (κ3) is 2.50. The molecule has 0 amide bonds. The molecule has 2 rings (SSSR count). The van der Waals surface area contributed by atoms with Crippen molar-refractivity contribution in [3.63, 3.8) is 0 Å². The van der Waals surface area contributed by atoms with Crippen molar-refractivity contribution in [3.05, 3.63) is 53.1 Å². The second-order valence-electron chi connectivity index (χ2n) is 4.77. The highest BCUT2D eigenvalue weighted by molar-refractivity contribution is 6.30. The Morgan fingerprint density at radius 1 is 1.00 bits per heavy atom. The van der Waals surface area contributed by atoms with Gasteiger partial charge in [-0.25, -0.2) is 0 Å². The lowest BCUT2D eigenvalue weighted by molar-refractivity contribution is 0.0792. The van der Waals surface area contributed by atoms with Gasteiger partial charge in [0, 0.05) is 10.6 Å². The average molecular weight is 263 g/mol. The molecule has 0 aromatic heterocycles. The molecule has 0 saturated heterocycles. The van der Waals surface area contributed by atoms with Gasteiger partial charge in [-0.2, -0.15) is 0 Å². The molecule has 2 aromatic carbocycles. The Morgan fingerprint density at radius 3 is 2.28 bits per heavy atom. The van der Waals surface area contributed by atoms with Crippen LogP contribution in [0, 0.1) is 0 Å². The molecule has 0 saturated carbocycles. The van der Waals surface area contributed by atoms with Crippen LogP contribution in [0.2, 0.25) is 5.02 Å². The van der Waals surface area contributed by atoms with Gasteiger partial charge in [-0.05, 0) is 43.2 Å². The Bertz CT molecular complexity index is 571. The van der Waals surface area contributed by atoms with Crippen LogP contribution >= 0.6 is 11.6 Å². The van der Waals surface area contributed by atoms with E-state index >= 15 is 0 Å². The van der Waals surface area contributed by atoms with Gasteiger partial charge >= 0.3 is 0 Å². The van der Waals surface area contributed by atoms with Gasteiger partial charge in [0.1, 0.15) is 5.75 Å². The molecule has 94 valence electrons. The van der Waals surface area contributed by atoms with Crippen molar-refractivity contribution in [1.82, 2.24) is 0 Å². The summed E-state index contributed by atoms with van der Waals surface area (Å²) in [7, 11) is 0. The zero-order chi connectivity index (χ0) is 13.3. The second-order valence-corrected chi connectivity index (χ2v) is 5.20. The molecular weight excluding hydrogens is 248 g/mol. The Labute approximate surface area is 111 Å². The van der Waals surface area contributed by atoms with E-state index in [9.17, 15) is 10.2 Å². The predicted molar refractivity (Wildman–Crippen MR) is 73.8 cm³/mol. The summed E-state index contributed by atoms with van der Waals surface area (Å²) in [6, 6.07) is 12.3. The Kier molecular flexibility index (Phi) is 3.33. The number of rotatable bonds is 2. The lowest BCUT2D eigenvalue weighted by Crippen LogP contribution is -2.16. The zero-order valence-corrected chi connectivity index (χ0v) is 11.1. The number of phenols is 1. The fourth-order valence-electron chi connectivity index (χ4n) is 1.97. The highest BCUT2D eigenvalue weighted by Crippen LogP contribution is 2.37. The summed E-state index contributed by atoms with van der Waals surface area (Å²) in [5.74, 6) is 0.172. The molecule has 2 nitrogen and oxygen atoms in total. The van der Waals surface area contributed by atoms with Crippen LogP contribution in [0.1, 0.15) is 19.4 Å². The normalized spacial score (nSPS) is 11.6. The molecule has 0 bridgehead atoms. The van der Waals surface area contributed by atoms with Crippen LogP contribution < -0.4 is 0 Å². The van der Waals surface area contributed by atoms with Gasteiger partial charge in [-0.1, -0.05) is 35.9 Å². The minimum absolute atomic E-state index is 0.172. The van der Waals surface area contributed by atoms with E-state index in [2.05, 4.69) is 0 Å². The van der Waals surface area contributed by atoms with Crippen LogP contribution in [0.25, 0.3) is 11.1 Å². The van der Waals surface area contributed by atoms with E-state index in [1.807, 2.05) is 6.07 Å². The molecule has 0 unspecified atom stereocenters. The summed E-state index contributed by atoms with van der Waals surface area (Å²) in [5.41, 5.74) is 1.14. The molecule has 0 atom stereocenters. The Balaban J connectivity index is 2.70. The lowest BCUT2D eigenvalue weighted by atomic mass is 9.89. The maximum Gasteiger partial charge on any atom is 0.123 e. The first kappa shape index (κ1) is 12.9. The summed E-state index contributed by atoms with van der Waals surface area (Å²) in [6.07, 6.45) is 0. The average Bonchev–Trinajstić information content (AvgIpc) is 2.27. The topological polar surface area (TPSA) is 40.5 Å². The van der Waals surface area contributed by atoms with Crippen molar-refractivity contribution in [2.45, 2.75) is 19.4 Å². The summed E-state index contributed by atoms with van der Waals surface area (Å²) >= 11 is 6.01. The molecule has 2 aromatic rings. The van der Waals surface area contributed by atoms with E-state index in [1.54, 1.807) is 50.2 Å². The van der Waals surface area contributed by atoms with Crippen LogP contribution in [-0.4, -0.2) is 10.2 Å². The molecule has 0 aliphatic rings. The van der Waals surface area contributed by atoms with Crippen molar-refractivity contribution in [2.24, 2.45) is 0 Å². The molecule has 0 aliphatic heterocycles. The molecule has 0 aliphatic carbocycles. The first-order valence-electron chi connectivity index (χ1n) is 5.70. The second kappa shape index (κ2) is 4.63. The number of halogens is 1. The van der Waals surface area contributed by atoms with Gasteiger partial charge in [-0.15, -0.1) is 0 Å². The quantitative estimate of drug-likeness (QED) is 0.861. The van der Waals surface area contributed by atoms with Gasteiger partial charge in [0.15, 0.2) is 0 Å². The van der Waals surface area contributed by atoms with E-state index in [1.165, 1.54) is 0 Å². The van der Waals surface area contributed by atoms with Crippen molar-refractivity contribution in [2.75, 3.05) is 0 Å². The van der Waals surface area contributed by atoms with Crippen LogP contribution in [0.3, 0.4) is 0 Å². The summed E-state index contributed by atoms with van der Waals surface area (Å²) in [6.45, 7) is 3.42. The van der Waals surface area contributed by atoms with Crippen molar-refractivity contribution >= 4 is 11.6 Å². The Hall–Kier alpha value is -1.51. The summed E-state index contributed by atoms with van der Waals surface area (Å²) in [4.78, 5) is 0. The molecule has 0 fully saturated rings.